The second kappa shape index (κ2) is 5.43. The molecule has 0 amide bonds. The summed E-state index contributed by atoms with van der Waals surface area (Å²) in [5.74, 6) is 0.997. The van der Waals surface area contributed by atoms with Crippen molar-refractivity contribution in [3.8, 4) is 0 Å². The van der Waals surface area contributed by atoms with E-state index in [1.165, 1.54) is 4.88 Å². The third-order valence-corrected chi connectivity index (χ3v) is 3.49. The van der Waals surface area contributed by atoms with Crippen molar-refractivity contribution in [1.82, 2.24) is 20.1 Å². The van der Waals surface area contributed by atoms with Gasteiger partial charge in [-0.2, -0.15) is 0 Å². The molecule has 0 fully saturated rings. The highest BCUT2D eigenvalue weighted by Crippen LogP contribution is 2.20. The van der Waals surface area contributed by atoms with Crippen LogP contribution in [0.4, 0.5) is 0 Å². The first-order chi connectivity index (χ1) is 7.75. The van der Waals surface area contributed by atoms with Crippen LogP contribution in [0.5, 0.6) is 0 Å². The molecule has 0 saturated heterocycles. The number of hydrogen-bond donors (Lipinski definition) is 1. The summed E-state index contributed by atoms with van der Waals surface area (Å²) in [6, 6.07) is 3.97. The van der Waals surface area contributed by atoms with Gasteiger partial charge in [0.05, 0.1) is 4.34 Å². The fourth-order valence-corrected chi connectivity index (χ4v) is 2.45. The normalized spacial score (nSPS) is 10.9. The Morgan fingerprint density at radius 1 is 1.50 bits per heavy atom. The number of aryl methyl sites for hydroxylation is 1. The van der Waals surface area contributed by atoms with Crippen molar-refractivity contribution >= 4 is 22.9 Å². The van der Waals surface area contributed by atoms with Gasteiger partial charge in [-0.15, -0.1) is 21.5 Å². The summed E-state index contributed by atoms with van der Waals surface area (Å²) in [6.07, 6.45) is 2.60. The monoisotopic (exact) mass is 256 g/mol. The molecule has 0 saturated carbocycles. The first-order valence-corrected chi connectivity index (χ1v) is 6.23. The highest BCUT2D eigenvalue weighted by atomic mass is 35.5. The van der Waals surface area contributed by atoms with E-state index in [2.05, 4.69) is 15.5 Å². The summed E-state index contributed by atoms with van der Waals surface area (Å²) >= 11 is 7.45. The zero-order valence-corrected chi connectivity index (χ0v) is 10.6. The molecule has 1 N–H and O–H groups in total. The van der Waals surface area contributed by atoms with Crippen LogP contribution in [0, 0.1) is 0 Å². The van der Waals surface area contributed by atoms with Crippen LogP contribution >= 0.6 is 22.9 Å². The van der Waals surface area contributed by atoms with Crippen LogP contribution in [0.15, 0.2) is 18.5 Å². The Kier molecular flexibility index (Phi) is 3.93. The zero-order chi connectivity index (χ0) is 11.4. The molecule has 0 unspecified atom stereocenters. The van der Waals surface area contributed by atoms with Crippen molar-refractivity contribution in [1.29, 1.82) is 0 Å². The lowest BCUT2D eigenvalue weighted by Crippen LogP contribution is -2.17. The summed E-state index contributed by atoms with van der Waals surface area (Å²) in [4.78, 5) is 1.25. The molecule has 0 aromatic carbocycles. The summed E-state index contributed by atoms with van der Waals surface area (Å²) < 4.78 is 2.77. The van der Waals surface area contributed by atoms with Crippen molar-refractivity contribution < 1.29 is 0 Å². The smallest absolute Gasteiger partial charge is 0.133 e. The average Bonchev–Trinajstić information content (AvgIpc) is 2.83. The summed E-state index contributed by atoms with van der Waals surface area (Å²) in [7, 11) is 1.95. The van der Waals surface area contributed by atoms with Gasteiger partial charge in [-0.05, 0) is 12.1 Å². The predicted molar refractivity (Wildman–Crippen MR) is 65.7 cm³/mol. The van der Waals surface area contributed by atoms with Gasteiger partial charge < -0.3 is 9.88 Å². The molecule has 6 heteroatoms. The van der Waals surface area contributed by atoms with Crippen molar-refractivity contribution in [3.63, 3.8) is 0 Å². The number of halogens is 1. The van der Waals surface area contributed by atoms with E-state index in [0.29, 0.717) is 0 Å². The topological polar surface area (TPSA) is 42.7 Å². The fraction of sp³-hybridized carbons (Fsp3) is 0.400. The largest absolute Gasteiger partial charge is 0.321 e. The van der Waals surface area contributed by atoms with Crippen LogP contribution in [0.1, 0.15) is 10.7 Å². The van der Waals surface area contributed by atoms with E-state index in [-0.39, 0.29) is 0 Å². The highest BCUT2D eigenvalue weighted by molar-refractivity contribution is 7.16. The zero-order valence-electron chi connectivity index (χ0n) is 8.98. The molecule has 86 valence electrons. The molecule has 16 heavy (non-hydrogen) atoms. The molecule has 4 nitrogen and oxygen atoms in total. The third-order valence-electron chi connectivity index (χ3n) is 2.26. The van der Waals surface area contributed by atoms with Crippen molar-refractivity contribution in [2.45, 2.75) is 13.0 Å². The summed E-state index contributed by atoms with van der Waals surface area (Å²) in [6.45, 7) is 1.75. The minimum atomic E-state index is 0.838. The van der Waals surface area contributed by atoms with Crippen LogP contribution in [-0.2, 0) is 20.0 Å². The van der Waals surface area contributed by atoms with E-state index in [4.69, 9.17) is 11.6 Å². The fourth-order valence-electron chi connectivity index (χ4n) is 1.39. The maximum atomic E-state index is 5.84. The van der Waals surface area contributed by atoms with Crippen LogP contribution < -0.4 is 5.32 Å². The molecule has 0 aliphatic carbocycles. The number of aromatic nitrogens is 3. The molecule has 0 bridgehead atoms. The molecule has 0 spiro atoms. The van der Waals surface area contributed by atoms with Gasteiger partial charge in [-0.1, -0.05) is 11.6 Å². The van der Waals surface area contributed by atoms with Crippen LogP contribution in [0.3, 0.4) is 0 Å². The molecule has 2 heterocycles. The second-order valence-corrected chi connectivity index (χ2v) is 5.29. The van der Waals surface area contributed by atoms with E-state index in [9.17, 15) is 0 Å². The SMILES string of the molecule is Cn1cnnc1CCNCc1ccc(Cl)s1. The van der Waals surface area contributed by atoms with Gasteiger partial charge in [-0.25, -0.2) is 0 Å². The summed E-state index contributed by atoms with van der Waals surface area (Å²) in [5.41, 5.74) is 0. The lowest BCUT2D eigenvalue weighted by Gasteiger charge is -2.02. The molecule has 0 aliphatic heterocycles. The van der Waals surface area contributed by atoms with Crippen LogP contribution in [-0.4, -0.2) is 21.3 Å². The number of nitrogens with zero attached hydrogens (tertiary/aromatic N) is 3. The Bertz CT molecular complexity index is 451. The van der Waals surface area contributed by atoms with Gasteiger partial charge in [0.1, 0.15) is 12.2 Å². The molecule has 2 aromatic heterocycles. The van der Waals surface area contributed by atoms with Gasteiger partial charge in [0, 0.05) is 31.4 Å². The van der Waals surface area contributed by atoms with E-state index in [0.717, 1.165) is 29.7 Å². The third kappa shape index (κ3) is 3.04. The Morgan fingerprint density at radius 2 is 2.38 bits per heavy atom. The number of thiophene rings is 1. The van der Waals surface area contributed by atoms with Crippen LogP contribution in [0.25, 0.3) is 0 Å². The number of hydrogen-bond acceptors (Lipinski definition) is 4. The molecule has 0 radical (unpaired) electrons. The number of nitrogens with one attached hydrogen (secondary N) is 1. The minimum Gasteiger partial charge on any atom is -0.321 e. The Balaban J connectivity index is 1.71. The quantitative estimate of drug-likeness (QED) is 0.831. The van der Waals surface area contributed by atoms with Crippen molar-refractivity contribution in [2.75, 3.05) is 6.54 Å². The van der Waals surface area contributed by atoms with E-state index >= 15 is 0 Å². The second-order valence-electron chi connectivity index (χ2n) is 3.49. The van der Waals surface area contributed by atoms with Gasteiger partial charge in [0.2, 0.25) is 0 Å². The molecule has 0 aliphatic rings. The van der Waals surface area contributed by atoms with Gasteiger partial charge in [-0.3, -0.25) is 0 Å². The Labute approximate surface area is 103 Å². The van der Waals surface area contributed by atoms with E-state index < -0.39 is 0 Å². The lowest BCUT2D eigenvalue weighted by molar-refractivity contribution is 0.658. The van der Waals surface area contributed by atoms with Crippen molar-refractivity contribution in [2.24, 2.45) is 7.05 Å². The minimum absolute atomic E-state index is 0.838. The molecule has 2 aromatic rings. The van der Waals surface area contributed by atoms with Gasteiger partial charge in [0.15, 0.2) is 0 Å². The lowest BCUT2D eigenvalue weighted by atomic mass is 10.4. The predicted octanol–water partition coefficient (Wildman–Crippen LogP) is 1.86. The summed E-state index contributed by atoms with van der Waals surface area (Å²) in [5, 5.41) is 11.2. The van der Waals surface area contributed by atoms with E-state index in [1.807, 2.05) is 23.7 Å². The van der Waals surface area contributed by atoms with E-state index in [1.54, 1.807) is 17.7 Å². The number of rotatable bonds is 5. The average molecular weight is 257 g/mol. The molecule has 0 atom stereocenters. The standard InChI is InChI=1S/C10H13ClN4S/c1-15-7-13-14-10(15)4-5-12-6-8-2-3-9(11)16-8/h2-3,7,12H,4-6H2,1H3. The van der Waals surface area contributed by atoms with Gasteiger partial charge >= 0.3 is 0 Å². The molecular weight excluding hydrogens is 244 g/mol. The molecular formula is C10H13ClN4S. The van der Waals surface area contributed by atoms with Crippen LogP contribution in [0.2, 0.25) is 4.34 Å². The maximum absolute atomic E-state index is 5.84. The van der Waals surface area contributed by atoms with Gasteiger partial charge in [0.25, 0.3) is 0 Å². The van der Waals surface area contributed by atoms with Crippen molar-refractivity contribution in [3.05, 3.63) is 33.5 Å². The first-order valence-electron chi connectivity index (χ1n) is 5.03. The first kappa shape index (κ1) is 11.6. The maximum Gasteiger partial charge on any atom is 0.133 e. The molecule has 2 rings (SSSR count). The highest BCUT2D eigenvalue weighted by Gasteiger charge is 2.00. The Hall–Kier alpha value is -0.910. The Morgan fingerprint density at radius 3 is 3.00 bits per heavy atom.